The van der Waals surface area contributed by atoms with E-state index in [1.54, 1.807) is 31.2 Å². The molecule has 1 N–H and O–H groups in total. The van der Waals surface area contributed by atoms with Gasteiger partial charge in [-0.3, -0.25) is 9.59 Å². The van der Waals surface area contributed by atoms with Crippen LogP contribution in [0.3, 0.4) is 0 Å². The van der Waals surface area contributed by atoms with E-state index in [2.05, 4.69) is 5.32 Å². The van der Waals surface area contributed by atoms with Crippen LogP contribution in [0.25, 0.3) is 0 Å². The molecule has 0 aliphatic carbocycles. The molecule has 0 aliphatic rings. The van der Waals surface area contributed by atoms with Gasteiger partial charge < -0.3 is 10.2 Å². The largest absolute Gasteiger partial charge is 0.350 e. The van der Waals surface area contributed by atoms with E-state index >= 15 is 0 Å². The van der Waals surface area contributed by atoms with E-state index in [1.165, 1.54) is 36.2 Å². The molecule has 0 radical (unpaired) electrons. The predicted molar refractivity (Wildman–Crippen MR) is 135 cm³/mol. The predicted octanol–water partition coefficient (Wildman–Crippen LogP) is 4.34. The lowest BCUT2D eigenvalue weighted by Gasteiger charge is -2.34. The van der Waals surface area contributed by atoms with Crippen LogP contribution < -0.4 is 5.32 Å². The molecule has 1 atom stereocenters. The molecule has 0 aromatic heterocycles. The third kappa shape index (κ3) is 7.43. The van der Waals surface area contributed by atoms with Gasteiger partial charge >= 0.3 is 0 Å². The van der Waals surface area contributed by atoms with Crippen molar-refractivity contribution in [1.82, 2.24) is 14.5 Å². The minimum atomic E-state index is -3.95. The van der Waals surface area contributed by atoms with Crippen LogP contribution in [0.5, 0.6) is 0 Å². The summed E-state index contributed by atoms with van der Waals surface area (Å²) in [5.74, 6) is -0.838. The average Bonchev–Trinajstić information content (AvgIpc) is 2.73. The first-order valence-corrected chi connectivity index (χ1v) is 13.0. The summed E-state index contributed by atoms with van der Waals surface area (Å²) in [7, 11) is -2.62. The third-order valence-electron chi connectivity index (χ3n) is 5.06. The standard InChI is InChI=1S/C24H31Cl2N3O4S/c1-6-21(23(31)27-24(2,3)4)29(15-17-9-7-8-10-20(17)26)22(30)16-28(5)34(32,33)19-13-11-18(25)12-14-19/h7-14,21H,6,15-16H2,1-5H3,(H,27,31). The summed E-state index contributed by atoms with van der Waals surface area (Å²) in [5.41, 5.74) is 0.154. The molecule has 0 saturated heterocycles. The molecule has 186 valence electrons. The maximum atomic E-state index is 13.4. The van der Waals surface area contributed by atoms with Gasteiger partial charge in [-0.15, -0.1) is 0 Å². The molecule has 7 nitrogen and oxygen atoms in total. The lowest BCUT2D eigenvalue weighted by molar-refractivity contribution is -0.142. The van der Waals surface area contributed by atoms with Crippen molar-refractivity contribution in [2.24, 2.45) is 0 Å². The number of amides is 2. The first-order chi connectivity index (χ1) is 15.8. The second kappa shape index (κ2) is 11.5. The Morgan fingerprint density at radius 3 is 2.15 bits per heavy atom. The Morgan fingerprint density at radius 2 is 1.62 bits per heavy atom. The lowest BCUT2D eigenvalue weighted by atomic mass is 10.1. The number of likely N-dealkylation sites (N-methyl/N-ethyl adjacent to an activating group) is 1. The molecule has 2 rings (SSSR count). The van der Waals surface area contributed by atoms with Crippen LogP contribution >= 0.6 is 23.2 Å². The van der Waals surface area contributed by atoms with Crippen LogP contribution in [-0.2, 0) is 26.2 Å². The van der Waals surface area contributed by atoms with Gasteiger partial charge in [0, 0.05) is 29.2 Å². The molecule has 10 heteroatoms. The molecule has 1 unspecified atom stereocenters. The van der Waals surface area contributed by atoms with E-state index in [9.17, 15) is 18.0 Å². The maximum Gasteiger partial charge on any atom is 0.243 e. The van der Waals surface area contributed by atoms with Crippen LogP contribution in [0, 0.1) is 0 Å². The highest BCUT2D eigenvalue weighted by Crippen LogP contribution is 2.22. The van der Waals surface area contributed by atoms with E-state index in [0.29, 0.717) is 22.0 Å². The quantitative estimate of drug-likeness (QED) is 0.525. The van der Waals surface area contributed by atoms with Gasteiger partial charge in [-0.2, -0.15) is 4.31 Å². The first kappa shape index (κ1) is 28.1. The third-order valence-corrected chi connectivity index (χ3v) is 7.50. The molecular weight excluding hydrogens is 497 g/mol. The minimum absolute atomic E-state index is 0.0161. The topological polar surface area (TPSA) is 86.8 Å². The summed E-state index contributed by atoms with van der Waals surface area (Å²) in [5, 5.41) is 3.76. The van der Waals surface area contributed by atoms with E-state index in [-0.39, 0.29) is 17.3 Å². The molecule has 0 bridgehead atoms. The van der Waals surface area contributed by atoms with Crippen LogP contribution in [-0.4, -0.2) is 54.6 Å². The molecule has 0 spiro atoms. The van der Waals surface area contributed by atoms with Crippen molar-refractivity contribution in [3.63, 3.8) is 0 Å². The normalized spacial score (nSPS) is 12.9. The number of nitrogens with zero attached hydrogens (tertiary/aromatic N) is 2. The zero-order valence-electron chi connectivity index (χ0n) is 20.0. The number of halogens is 2. The molecule has 2 aromatic carbocycles. The second-order valence-corrected chi connectivity index (χ2v) is 11.9. The monoisotopic (exact) mass is 527 g/mol. The Balaban J connectivity index is 2.36. The molecule has 0 saturated carbocycles. The van der Waals surface area contributed by atoms with Gasteiger partial charge in [0.15, 0.2) is 0 Å². The number of rotatable bonds is 9. The summed E-state index contributed by atoms with van der Waals surface area (Å²) in [6.07, 6.45) is 0.339. The number of sulfonamides is 1. The van der Waals surface area contributed by atoms with Gasteiger partial charge in [0.05, 0.1) is 11.4 Å². The van der Waals surface area contributed by atoms with Crippen LogP contribution in [0.4, 0.5) is 0 Å². The Hall–Kier alpha value is -2.13. The highest BCUT2D eigenvalue weighted by molar-refractivity contribution is 7.89. The molecule has 34 heavy (non-hydrogen) atoms. The SMILES string of the molecule is CCC(C(=O)NC(C)(C)C)N(Cc1ccccc1Cl)C(=O)CN(C)S(=O)(=O)c1ccc(Cl)cc1. The van der Waals surface area contributed by atoms with Gasteiger partial charge in [0.2, 0.25) is 21.8 Å². The summed E-state index contributed by atoms with van der Waals surface area (Å²) in [4.78, 5) is 27.9. The van der Waals surface area contributed by atoms with Gasteiger partial charge in [0.1, 0.15) is 6.04 Å². The minimum Gasteiger partial charge on any atom is -0.350 e. The van der Waals surface area contributed by atoms with E-state index < -0.39 is 34.1 Å². The van der Waals surface area contributed by atoms with E-state index in [4.69, 9.17) is 23.2 Å². The van der Waals surface area contributed by atoms with Gasteiger partial charge in [-0.05, 0) is 63.1 Å². The fourth-order valence-corrected chi connectivity index (χ4v) is 4.78. The Labute approximate surface area is 212 Å². The average molecular weight is 529 g/mol. The van der Waals surface area contributed by atoms with Gasteiger partial charge in [-0.1, -0.05) is 48.3 Å². The number of hydrogen-bond donors (Lipinski definition) is 1. The number of carbonyl (C=O) groups excluding carboxylic acids is 2. The zero-order chi connectivity index (χ0) is 25.7. The van der Waals surface area contributed by atoms with Crippen LogP contribution in [0.15, 0.2) is 53.4 Å². The van der Waals surface area contributed by atoms with Crippen LogP contribution in [0.2, 0.25) is 10.0 Å². The molecule has 0 fully saturated rings. The van der Waals surface area contributed by atoms with Crippen molar-refractivity contribution in [2.75, 3.05) is 13.6 Å². The molecular formula is C24H31Cl2N3O4S. The van der Waals surface area contributed by atoms with Gasteiger partial charge in [-0.25, -0.2) is 8.42 Å². The summed E-state index contributed by atoms with van der Waals surface area (Å²) in [6.45, 7) is 6.96. The van der Waals surface area contributed by atoms with Crippen molar-refractivity contribution >= 4 is 45.0 Å². The Morgan fingerprint density at radius 1 is 1.03 bits per heavy atom. The number of nitrogens with one attached hydrogen (secondary N) is 1. The summed E-state index contributed by atoms with van der Waals surface area (Å²) >= 11 is 12.2. The second-order valence-electron chi connectivity index (χ2n) is 8.99. The van der Waals surface area contributed by atoms with Crippen molar-refractivity contribution in [2.45, 2.75) is 57.1 Å². The number of benzene rings is 2. The van der Waals surface area contributed by atoms with Crippen molar-refractivity contribution < 1.29 is 18.0 Å². The van der Waals surface area contributed by atoms with Gasteiger partial charge in [0.25, 0.3) is 0 Å². The van der Waals surface area contributed by atoms with Crippen LogP contribution in [0.1, 0.15) is 39.7 Å². The van der Waals surface area contributed by atoms with E-state index in [1.807, 2.05) is 20.8 Å². The van der Waals surface area contributed by atoms with Crippen molar-refractivity contribution in [3.05, 3.63) is 64.1 Å². The smallest absolute Gasteiger partial charge is 0.243 e. The Kier molecular flexibility index (Phi) is 9.53. The molecule has 0 heterocycles. The lowest BCUT2D eigenvalue weighted by Crippen LogP contribution is -2.55. The molecule has 2 aromatic rings. The van der Waals surface area contributed by atoms with Crippen molar-refractivity contribution in [1.29, 1.82) is 0 Å². The number of carbonyl (C=O) groups is 2. The zero-order valence-corrected chi connectivity index (χ0v) is 22.3. The summed E-state index contributed by atoms with van der Waals surface area (Å²) in [6, 6.07) is 11.9. The number of hydrogen-bond acceptors (Lipinski definition) is 4. The summed E-state index contributed by atoms with van der Waals surface area (Å²) < 4.78 is 26.9. The molecule has 0 aliphatic heterocycles. The first-order valence-electron chi connectivity index (χ1n) is 10.8. The Bertz CT molecular complexity index is 1120. The van der Waals surface area contributed by atoms with Crippen molar-refractivity contribution in [3.8, 4) is 0 Å². The highest BCUT2D eigenvalue weighted by Gasteiger charge is 2.33. The maximum absolute atomic E-state index is 13.4. The fourth-order valence-electron chi connectivity index (χ4n) is 3.34. The highest BCUT2D eigenvalue weighted by atomic mass is 35.5. The fraction of sp³-hybridized carbons (Fsp3) is 0.417. The molecule has 2 amide bonds. The van der Waals surface area contributed by atoms with E-state index in [0.717, 1.165) is 4.31 Å².